The monoisotopic (exact) mass is 472 g/mol. The summed E-state index contributed by atoms with van der Waals surface area (Å²) < 4.78 is 0. The van der Waals surface area contributed by atoms with Crippen LogP contribution in [0.4, 0.5) is 5.69 Å². The Hall–Kier alpha value is -3.04. The van der Waals surface area contributed by atoms with Crippen molar-refractivity contribution in [3.63, 3.8) is 0 Å². The molecule has 1 aromatic carbocycles. The van der Waals surface area contributed by atoms with E-state index in [1.807, 2.05) is 21.0 Å². The standard InChI is InChI=1S/C25H36N4O5/c1-17(21(30)6-4-12-28(2)3)14-19(26)15-18-8-9-22(31)20(16-18)27-23(32)7-5-13-29-24(33)10-11-25(29)34/h8-11,16-17,19,31H,4-7,12-15,26H2,1-3H3,(H,27,32)/t17?,19-/m1/s1. The van der Waals surface area contributed by atoms with Crippen LogP contribution in [0.2, 0.25) is 0 Å². The Morgan fingerprint density at radius 2 is 1.79 bits per heavy atom. The van der Waals surface area contributed by atoms with E-state index in [0.29, 0.717) is 25.7 Å². The lowest BCUT2D eigenvalue weighted by Crippen LogP contribution is -2.31. The van der Waals surface area contributed by atoms with Crippen LogP contribution in [0.5, 0.6) is 5.75 Å². The zero-order valence-electron chi connectivity index (χ0n) is 20.3. The van der Waals surface area contributed by atoms with Crippen molar-refractivity contribution < 1.29 is 24.3 Å². The van der Waals surface area contributed by atoms with Crippen molar-refractivity contribution >= 4 is 29.2 Å². The van der Waals surface area contributed by atoms with Gasteiger partial charge in [0, 0.05) is 43.5 Å². The van der Waals surface area contributed by atoms with Gasteiger partial charge in [-0.3, -0.25) is 24.1 Å². The molecule has 0 spiro atoms. The number of carbonyl (C=O) groups is 4. The molecule has 9 heteroatoms. The van der Waals surface area contributed by atoms with Gasteiger partial charge in [-0.25, -0.2) is 0 Å². The van der Waals surface area contributed by atoms with Gasteiger partial charge in [-0.1, -0.05) is 13.0 Å². The maximum atomic E-state index is 12.3. The highest BCUT2D eigenvalue weighted by Gasteiger charge is 2.23. The Morgan fingerprint density at radius 1 is 1.12 bits per heavy atom. The van der Waals surface area contributed by atoms with Gasteiger partial charge in [0.2, 0.25) is 5.91 Å². The molecule has 0 saturated carbocycles. The van der Waals surface area contributed by atoms with Crippen LogP contribution < -0.4 is 11.1 Å². The highest BCUT2D eigenvalue weighted by Crippen LogP contribution is 2.26. The van der Waals surface area contributed by atoms with E-state index in [1.165, 1.54) is 18.2 Å². The number of amides is 3. The summed E-state index contributed by atoms with van der Waals surface area (Å²) in [6.07, 6.45) is 5.25. The Morgan fingerprint density at radius 3 is 2.44 bits per heavy atom. The quantitative estimate of drug-likeness (QED) is 0.278. The molecule has 186 valence electrons. The van der Waals surface area contributed by atoms with Crippen LogP contribution in [-0.2, 0) is 25.6 Å². The Kier molecular flexibility index (Phi) is 10.4. The molecule has 0 aromatic heterocycles. The SMILES string of the molecule is CC(C[C@@H](N)Cc1ccc(O)c(NC(=O)CCCN2C(=O)C=CC2=O)c1)C(=O)CCCN(C)C. The molecule has 0 fully saturated rings. The maximum Gasteiger partial charge on any atom is 0.253 e. The van der Waals surface area contributed by atoms with Crippen molar-refractivity contribution in [2.24, 2.45) is 11.7 Å². The smallest absolute Gasteiger partial charge is 0.253 e. The molecule has 2 atom stereocenters. The number of phenols is 1. The zero-order valence-corrected chi connectivity index (χ0v) is 20.3. The van der Waals surface area contributed by atoms with Gasteiger partial charge in [0.25, 0.3) is 11.8 Å². The summed E-state index contributed by atoms with van der Waals surface area (Å²) in [7, 11) is 3.96. The molecule has 0 bridgehead atoms. The number of rotatable bonds is 14. The Bertz CT molecular complexity index is 910. The second kappa shape index (κ2) is 13.0. The fourth-order valence-electron chi connectivity index (χ4n) is 3.86. The number of carbonyl (C=O) groups excluding carboxylic acids is 4. The van der Waals surface area contributed by atoms with Gasteiger partial charge in [0.1, 0.15) is 11.5 Å². The number of benzene rings is 1. The van der Waals surface area contributed by atoms with E-state index in [2.05, 4.69) is 10.2 Å². The van der Waals surface area contributed by atoms with Gasteiger partial charge < -0.3 is 21.1 Å². The molecule has 9 nitrogen and oxygen atoms in total. The number of anilines is 1. The fraction of sp³-hybridized carbons (Fsp3) is 0.520. The minimum atomic E-state index is -0.378. The van der Waals surface area contributed by atoms with E-state index >= 15 is 0 Å². The molecule has 1 aliphatic rings. The van der Waals surface area contributed by atoms with E-state index in [1.54, 1.807) is 12.1 Å². The molecular formula is C25H36N4O5. The van der Waals surface area contributed by atoms with Gasteiger partial charge in [0.15, 0.2) is 0 Å². The van der Waals surface area contributed by atoms with E-state index in [0.717, 1.165) is 23.4 Å². The lowest BCUT2D eigenvalue weighted by atomic mass is 9.92. The lowest BCUT2D eigenvalue weighted by molar-refractivity contribution is -0.137. The topological polar surface area (TPSA) is 133 Å². The first-order valence-corrected chi connectivity index (χ1v) is 11.6. The van der Waals surface area contributed by atoms with Crippen molar-refractivity contribution in [1.82, 2.24) is 9.80 Å². The molecular weight excluding hydrogens is 436 g/mol. The van der Waals surface area contributed by atoms with Crippen molar-refractivity contribution in [2.45, 2.75) is 51.5 Å². The second-order valence-electron chi connectivity index (χ2n) is 9.14. The Labute approximate surface area is 201 Å². The van der Waals surface area contributed by atoms with Gasteiger partial charge in [-0.2, -0.15) is 0 Å². The third kappa shape index (κ3) is 8.72. The largest absolute Gasteiger partial charge is 0.506 e. The summed E-state index contributed by atoms with van der Waals surface area (Å²) >= 11 is 0. The predicted molar refractivity (Wildman–Crippen MR) is 130 cm³/mol. The van der Waals surface area contributed by atoms with Crippen LogP contribution in [0.15, 0.2) is 30.4 Å². The van der Waals surface area contributed by atoms with Crippen LogP contribution in [0.1, 0.15) is 44.6 Å². The molecule has 1 unspecified atom stereocenters. The number of nitrogens with two attached hydrogens (primary N) is 1. The average Bonchev–Trinajstić information content (AvgIpc) is 3.07. The van der Waals surface area contributed by atoms with Crippen LogP contribution in [0.3, 0.4) is 0 Å². The lowest BCUT2D eigenvalue weighted by Gasteiger charge is -2.18. The fourth-order valence-corrected chi connectivity index (χ4v) is 3.86. The zero-order chi connectivity index (χ0) is 25.3. The molecule has 0 aliphatic carbocycles. The average molecular weight is 473 g/mol. The summed E-state index contributed by atoms with van der Waals surface area (Å²) in [5, 5.41) is 12.8. The molecule has 34 heavy (non-hydrogen) atoms. The third-order valence-electron chi connectivity index (χ3n) is 5.75. The first-order chi connectivity index (χ1) is 16.1. The molecule has 0 saturated heterocycles. The van der Waals surface area contributed by atoms with E-state index in [9.17, 15) is 24.3 Å². The van der Waals surface area contributed by atoms with Crippen molar-refractivity contribution in [3.8, 4) is 5.75 Å². The number of Topliss-reactive ketones (excluding diaryl/α,β-unsaturated/α-hetero) is 1. The minimum absolute atomic E-state index is 0.0655. The summed E-state index contributed by atoms with van der Waals surface area (Å²) in [6, 6.07) is 4.69. The number of nitrogens with one attached hydrogen (secondary N) is 1. The number of phenolic OH excluding ortho intramolecular Hbond substituents is 1. The number of ketones is 1. The summed E-state index contributed by atoms with van der Waals surface area (Å²) in [4.78, 5) is 50.9. The molecule has 0 radical (unpaired) electrons. The number of aromatic hydroxyl groups is 1. The maximum absolute atomic E-state index is 12.3. The first kappa shape index (κ1) is 27.2. The Balaban J connectivity index is 1.81. The predicted octanol–water partition coefficient (Wildman–Crippen LogP) is 1.84. The normalized spacial score (nSPS) is 15.1. The van der Waals surface area contributed by atoms with Gasteiger partial charge in [-0.05, 0) is 64.0 Å². The summed E-state index contributed by atoms with van der Waals surface area (Å²) in [5.41, 5.74) is 7.40. The molecule has 1 heterocycles. The van der Waals surface area contributed by atoms with Crippen LogP contribution >= 0.6 is 0 Å². The minimum Gasteiger partial charge on any atom is -0.506 e. The van der Waals surface area contributed by atoms with Gasteiger partial charge >= 0.3 is 0 Å². The summed E-state index contributed by atoms with van der Waals surface area (Å²) in [6.45, 7) is 2.93. The van der Waals surface area contributed by atoms with Crippen LogP contribution in [0, 0.1) is 5.92 Å². The van der Waals surface area contributed by atoms with Crippen molar-refractivity contribution in [3.05, 3.63) is 35.9 Å². The van der Waals surface area contributed by atoms with E-state index < -0.39 is 0 Å². The number of hydrogen-bond acceptors (Lipinski definition) is 7. The summed E-state index contributed by atoms with van der Waals surface area (Å²) in [5.74, 6) is -1.07. The molecule has 3 amide bonds. The highest BCUT2D eigenvalue weighted by atomic mass is 16.3. The number of imide groups is 1. The van der Waals surface area contributed by atoms with Crippen LogP contribution in [0.25, 0.3) is 0 Å². The second-order valence-corrected chi connectivity index (χ2v) is 9.14. The molecule has 1 aromatic rings. The first-order valence-electron chi connectivity index (χ1n) is 11.6. The van der Waals surface area contributed by atoms with E-state index in [4.69, 9.17) is 5.73 Å². The number of nitrogens with zero attached hydrogens (tertiary/aromatic N) is 2. The van der Waals surface area contributed by atoms with Crippen LogP contribution in [-0.4, -0.2) is 71.6 Å². The molecule has 1 aliphatic heterocycles. The van der Waals surface area contributed by atoms with Crippen molar-refractivity contribution in [1.29, 1.82) is 0 Å². The third-order valence-corrected chi connectivity index (χ3v) is 5.75. The van der Waals surface area contributed by atoms with Crippen molar-refractivity contribution in [2.75, 3.05) is 32.5 Å². The number of hydrogen-bond donors (Lipinski definition) is 3. The molecule has 4 N–H and O–H groups in total. The molecule has 2 rings (SSSR count). The highest BCUT2D eigenvalue weighted by molar-refractivity contribution is 6.12. The van der Waals surface area contributed by atoms with Gasteiger partial charge in [0.05, 0.1) is 5.69 Å². The van der Waals surface area contributed by atoms with Gasteiger partial charge in [-0.15, -0.1) is 0 Å². The van der Waals surface area contributed by atoms with E-state index in [-0.39, 0.29) is 59.9 Å².